The van der Waals surface area contributed by atoms with Crippen molar-refractivity contribution in [2.75, 3.05) is 13.1 Å². The average molecular weight is 367 g/mol. The molecule has 25 heavy (non-hydrogen) atoms. The first-order chi connectivity index (χ1) is 11.8. The number of imidazole rings is 1. The number of halogens is 1. The molecule has 0 bridgehead atoms. The summed E-state index contributed by atoms with van der Waals surface area (Å²) in [5.74, 6) is 0.477. The van der Waals surface area contributed by atoms with Crippen LogP contribution in [0.25, 0.3) is 11.5 Å². The lowest BCUT2D eigenvalue weighted by atomic mass is 9.84. The van der Waals surface area contributed by atoms with E-state index in [2.05, 4.69) is 15.0 Å². The second-order valence-corrected chi connectivity index (χ2v) is 7.98. The third-order valence-corrected chi connectivity index (χ3v) is 5.77. The van der Waals surface area contributed by atoms with Gasteiger partial charge in [-0.05, 0) is 30.9 Å². The third-order valence-electron chi connectivity index (χ3n) is 4.71. The second-order valence-electron chi connectivity index (χ2n) is 6.44. The standard InChI is InChI=1S/C16H22FN5O2S/c1-3-13-15(12-6-7-22(9-10(12)2)25(18,23)24)21-16(20-13)14-5-4-11(17)8-19-14/h4-5,8,10,12H,3,6-7,9H2,1-2H3,(H,20,21)(H2,18,23,24)/t10-,12+/m0/s1. The number of pyridine rings is 1. The lowest BCUT2D eigenvalue weighted by molar-refractivity contribution is 0.245. The quantitative estimate of drug-likeness (QED) is 0.859. The Morgan fingerprint density at radius 2 is 2.20 bits per heavy atom. The molecule has 3 heterocycles. The number of nitrogens with zero attached hydrogens (tertiary/aromatic N) is 3. The lowest BCUT2D eigenvalue weighted by Crippen LogP contribution is -2.45. The molecule has 9 heteroatoms. The van der Waals surface area contributed by atoms with Crippen LogP contribution < -0.4 is 5.14 Å². The molecule has 3 rings (SSSR count). The third kappa shape index (κ3) is 3.73. The van der Waals surface area contributed by atoms with Crippen LogP contribution in [0.15, 0.2) is 18.3 Å². The molecule has 0 saturated carbocycles. The summed E-state index contributed by atoms with van der Waals surface area (Å²) in [4.78, 5) is 12.0. The summed E-state index contributed by atoms with van der Waals surface area (Å²) in [5, 5.41) is 5.24. The molecule has 1 aliphatic heterocycles. The molecule has 0 radical (unpaired) electrons. The molecule has 0 aliphatic carbocycles. The van der Waals surface area contributed by atoms with E-state index in [1.165, 1.54) is 10.4 Å². The summed E-state index contributed by atoms with van der Waals surface area (Å²) < 4.78 is 37.5. The highest BCUT2D eigenvalue weighted by Gasteiger charge is 2.34. The van der Waals surface area contributed by atoms with Crippen molar-refractivity contribution in [3.63, 3.8) is 0 Å². The highest BCUT2D eigenvalue weighted by atomic mass is 32.2. The van der Waals surface area contributed by atoms with E-state index in [-0.39, 0.29) is 11.8 Å². The fourth-order valence-electron chi connectivity index (χ4n) is 3.40. The number of piperidine rings is 1. The zero-order valence-corrected chi connectivity index (χ0v) is 15.1. The summed E-state index contributed by atoms with van der Waals surface area (Å²) >= 11 is 0. The summed E-state index contributed by atoms with van der Waals surface area (Å²) in [6.07, 6.45) is 2.58. The van der Waals surface area contributed by atoms with Crippen molar-refractivity contribution in [1.29, 1.82) is 0 Å². The fraction of sp³-hybridized carbons (Fsp3) is 0.500. The highest BCUT2D eigenvalue weighted by molar-refractivity contribution is 7.86. The molecule has 3 N–H and O–H groups in total. The van der Waals surface area contributed by atoms with Gasteiger partial charge in [-0.3, -0.25) is 0 Å². The molecule has 136 valence electrons. The molecule has 1 fully saturated rings. The molecule has 0 aromatic carbocycles. The van der Waals surface area contributed by atoms with Crippen LogP contribution in [0.4, 0.5) is 4.39 Å². The van der Waals surface area contributed by atoms with Crippen LogP contribution in [0.1, 0.15) is 37.6 Å². The monoisotopic (exact) mass is 367 g/mol. The smallest absolute Gasteiger partial charge is 0.276 e. The number of aromatic amines is 1. The number of H-pyrrole nitrogens is 1. The number of hydrogen-bond acceptors (Lipinski definition) is 4. The van der Waals surface area contributed by atoms with Crippen LogP contribution in [-0.2, 0) is 16.6 Å². The molecule has 2 aromatic heterocycles. The van der Waals surface area contributed by atoms with Gasteiger partial charge in [-0.2, -0.15) is 12.7 Å². The van der Waals surface area contributed by atoms with Gasteiger partial charge in [0.25, 0.3) is 10.2 Å². The van der Waals surface area contributed by atoms with Crippen LogP contribution in [0, 0.1) is 11.7 Å². The summed E-state index contributed by atoms with van der Waals surface area (Å²) in [6.45, 7) is 4.81. The van der Waals surface area contributed by atoms with Gasteiger partial charge in [0, 0.05) is 24.7 Å². The number of aryl methyl sites for hydroxylation is 1. The zero-order chi connectivity index (χ0) is 18.2. The maximum Gasteiger partial charge on any atom is 0.276 e. The second kappa shape index (κ2) is 6.81. The Morgan fingerprint density at radius 1 is 1.44 bits per heavy atom. The predicted octanol–water partition coefficient (Wildman–Crippen LogP) is 1.80. The molecule has 2 aromatic rings. The van der Waals surface area contributed by atoms with E-state index in [0.717, 1.165) is 24.0 Å². The molecule has 1 saturated heterocycles. The maximum absolute atomic E-state index is 13.1. The Bertz CT molecular complexity index is 850. The fourth-order valence-corrected chi connectivity index (χ4v) is 4.21. The number of rotatable bonds is 4. The SMILES string of the molecule is CCc1nc(-c2ccc(F)cn2)[nH]c1[C@@H]1CCN(S(N)(=O)=O)C[C@@H]1C. The van der Waals surface area contributed by atoms with Crippen LogP contribution in [0.3, 0.4) is 0 Å². The summed E-state index contributed by atoms with van der Waals surface area (Å²) in [6, 6.07) is 2.94. The van der Waals surface area contributed by atoms with E-state index < -0.39 is 16.0 Å². The average Bonchev–Trinajstić information content (AvgIpc) is 2.98. The van der Waals surface area contributed by atoms with Crippen molar-refractivity contribution in [3.05, 3.63) is 35.5 Å². The van der Waals surface area contributed by atoms with Gasteiger partial charge in [0.15, 0.2) is 5.82 Å². The van der Waals surface area contributed by atoms with E-state index in [1.807, 2.05) is 13.8 Å². The molecular weight excluding hydrogens is 345 g/mol. The van der Waals surface area contributed by atoms with E-state index in [0.29, 0.717) is 31.0 Å². The predicted molar refractivity (Wildman–Crippen MR) is 92.4 cm³/mol. The largest absolute Gasteiger partial charge is 0.340 e. The van der Waals surface area contributed by atoms with Gasteiger partial charge < -0.3 is 4.98 Å². The normalized spacial score (nSPS) is 22.2. The van der Waals surface area contributed by atoms with Crippen molar-refractivity contribution in [2.24, 2.45) is 11.1 Å². The Labute approximate surface area is 146 Å². The Balaban J connectivity index is 1.88. The van der Waals surface area contributed by atoms with Gasteiger partial charge in [0.2, 0.25) is 0 Å². The van der Waals surface area contributed by atoms with E-state index in [9.17, 15) is 12.8 Å². The molecule has 0 amide bonds. The summed E-state index contributed by atoms with van der Waals surface area (Å²) in [7, 11) is -3.66. The van der Waals surface area contributed by atoms with Gasteiger partial charge in [-0.15, -0.1) is 0 Å². The lowest BCUT2D eigenvalue weighted by Gasteiger charge is -2.35. The Morgan fingerprint density at radius 3 is 2.76 bits per heavy atom. The first kappa shape index (κ1) is 18.0. The number of nitrogens with one attached hydrogen (secondary N) is 1. The van der Waals surface area contributed by atoms with Gasteiger partial charge in [-0.1, -0.05) is 13.8 Å². The van der Waals surface area contributed by atoms with Crippen molar-refractivity contribution in [1.82, 2.24) is 19.3 Å². The van der Waals surface area contributed by atoms with Crippen molar-refractivity contribution in [3.8, 4) is 11.5 Å². The maximum atomic E-state index is 13.1. The number of nitrogens with two attached hydrogens (primary N) is 1. The van der Waals surface area contributed by atoms with Crippen LogP contribution in [0.5, 0.6) is 0 Å². The molecule has 2 atom stereocenters. The number of aromatic nitrogens is 3. The van der Waals surface area contributed by atoms with Gasteiger partial charge >= 0.3 is 0 Å². The minimum atomic E-state index is -3.66. The topological polar surface area (TPSA) is 105 Å². The van der Waals surface area contributed by atoms with E-state index in [1.54, 1.807) is 6.07 Å². The molecule has 0 unspecified atom stereocenters. The zero-order valence-electron chi connectivity index (χ0n) is 14.2. The Kier molecular flexibility index (Phi) is 4.90. The first-order valence-corrected chi connectivity index (χ1v) is 9.78. The van der Waals surface area contributed by atoms with Crippen LogP contribution in [-0.4, -0.2) is 40.8 Å². The van der Waals surface area contributed by atoms with Crippen molar-refractivity contribution < 1.29 is 12.8 Å². The minimum absolute atomic E-state index is 0.104. The molecule has 1 aliphatic rings. The first-order valence-electron chi connectivity index (χ1n) is 8.28. The van der Waals surface area contributed by atoms with Crippen molar-refractivity contribution in [2.45, 2.75) is 32.6 Å². The van der Waals surface area contributed by atoms with Gasteiger partial charge in [0.05, 0.1) is 11.9 Å². The van der Waals surface area contributed by atoms with Gasteiger partial charge in [0.1, 0.15) is 11.5 Å². The van der Waals surface area contributed by atoms with Crippen molar-refractivity contribution >= 4 is 10.2 Å². The summed E-state index contributed by atoms with van der Waals surface area (Å²) in [5.41, 5.74) is 2.52. The molecule has 7 nitrogen and oxygen atoms in total. The Hall–Kier alpha value is -1.84. The number of hydrogen-bond donors (Lipinski definition) is 2. The van der Waals surface area contributed by atoms with Crippen LogP contribution in [0.2, 0.25) is 0 Å². The molecular formula is C16H22FN5O2S. The van der Waals surface area contributed by atoms with E-state index in [4.69, 9.17) is 5.14 Å². The van der Waals surface area contributed by atoms with E-state index >= 15 is 0 Å². The molecule has 0 spiro atoms. The highest BCUT2D eigenvalue weighted by Crippen LogP contribution is 2.35. The van der Waals surface area contributed by atoms with Crippen LogP contribution >= 0.6 is 0 Å². The minimum Gasteiger partial charge on any atom is -0.340 e. The van der Waals surface area contributed by atoms with Gasteiger partial charge in [-0.25, -0.2) is 19.5 Å².